The molecule has 108 valence electrons. The van der Waals surface area contributed by atoms with Crippen molar-refractivity contribution in [2.24, 2.45) is 5.41 Å². The van der Waals surface area contributed by atoms with Crippen molar-refractivity contribution in [3.63, 3.8) is 0 Å². The van der Waals surface area contributed by atoms with Gasteiger partial charge in [-0.15, -0.1) is 0 Å². The van der Waals surface area contributed by atoms with Gasteiger partial charge in [0.05, 0.1) is 0 Å². The van der Waals surface area contributed by atoms with E-state index in [1.165, 1.54) is 0 Å². The molecule has 5 nitrogen and oxygen atoms in total. The number of nitrogens with zero attached hydrogens (tertiary/aromatic N) is 2. The van der Waals surface area contributed by atoms with Crippen LogP contribution in [0.4, 0.5) is 5.82 Å². The van der Waals surface area contributed by atoms with Crippen molar-refractivity contribution in [2.45, 2.75) is 26.2 Å². The van der Waals surface area contributed by atoms with Crippen LogP contribution in [-0.2, 0) is 11.2 Å². The second-order valence-corrected chi connectivity index (χ2v) is 5.84. The summed E-state index contributed by atoms with van der Waals surface area (Å²) < 4.78 is 5.41. The largest absolute Gasteiger partial charge is 0.478 e. The van der Waals surface area contributed by atoms with E-state index in [0.29, 0.717) is 16.8 Å². The van der Waals surface area contributed by atoms with E-state index in [2.05, 4.69) is 9.88 Å². The third-order valence-electron chi connectivity index (χ3n) is 4.47. The highest BCUT2D eigenvalue weighted by Gasteiger charge is 2.45. The van der Waals surface area contributed by atoms with Crippen LogP contribution < -0.4 is 4.90 Å². The maximum atomic E-state index is 11.4. The van der Waals surface area contributed by atoms with E-state index in [1.807, 2.05) is 6.92 Å². The quantitative estimate of drug-likeness (QED) is 0.914. The van der Waals surface area contributed by atoms with E-state index in [1.54, 1.807) is 12.3 Å². The van der Waals surface area contributed by atoms with Crippen molar-refractivity contribution in [3.8, 4) is 0 Å². The van der Waals surface area contributed by atoms with Gasteiger partial charge in [0.2, 0.25) is 0 Å². The van der Waals surface area contributed by atoms with Crippen molar-refractivity contribution in [1.29, 1.82) is 0 Å². The average Bonchev–Trinajstić information content (AvgIpc) is 2.45. The molecule has 5 heteroatoms. The molecule has 2 saturated heterocycles. The second-order valence-electron chi connectivity index (χ2n) is 5.84. The number of ether oxygens (including phenoxy) is 1. The molecule has 1 N–H and O–H groups in total. The molecule has 0 unspecified atom stereocenters. The average molecular weight is 276 g/mol. The lowest BCUT2D eigenvalue weighted by molar-refractivity contribution is -0.000569. The van der Waals surface area contributed by atoms with Gasteiger partial charge in [0.15, 0.2) is 0 Å². The molecule has 0 amide bonds. The third-order valence-corrected chi connectivity index (χ3v) is 4.47. The summed E-state index contributed by atoms with van der Waals surface area (Å²) in [5.41, 5.74) is 1.61. The summed E-state index contributed by atoms with van der Waals surface area (Å²) in [6, 6.07) is 1.75. The summed E-state index contributed by atoms with van der Waals surface area (Å²) in [6.45, 7) is 5.44. The van der Waals surface area contributed by atoms with Crippen molar-refractivity contribution < 1.29 is 14.6 Å². The highest BCUT2D eigenvalue weighted by molar-refractivity contribution is 5.93. The van der Waals surface area contributed by atoms with E-state index < -0.39 is 5.97 Å². The highest BCUT2D eigenvalue weighted by atomic mass is 16.5. The Balaban J connectivity index is 1.80. The normalized spacial score (nSPS) is 20.8. The second kappa shape index (κ2) is 5.05. The van der Waals surface area contributed by atoms with Gasteiger partial charge in [0.25, 0.3) is 0 Å². The first-order chi connectivity index (χ1) is 9.63. The lowest BCUT2D eigenvalue weighted by Gasteiger charge is -2.53. The molecule has 0 aliphatic carbocycles. The molecule has 0 atom stereocenters. The lowest BCUT2D eigenvalue weighted by Crippen LogP contribution is -2.59. The number of aryl methyl sites for hydroxylation is 1. The SMILES string of the molecule is CCc1cnc(N2CC3(CCOCC3)C2)c(C(=O)O)c1. The molecule has 3 rings (SSSR count). The van der Waals surface area contributed by atoms with E-state index in [-0.39, 0.29) is 0 Å². The molecular weight excluding hydrogens is 256 g/mol. The number of hydrogen-bond acceptors (Lipinski definition) is 4. The predicted octanol–water partition coefficient (Wildman–Crippen LogP) is 1.96. The Bertz CT molecular complexity index is 516. The van der Waals surface area contributed by atoms with Gasteiger partial charge in [-0.25, -0.2) is 9.78 Å². The molecule has 0 saturated carbocycles. The number of carboxylic acid groups (broad SMARTS) is 1. The Labute approximate surface area is 118 Å². The first kappa shape index (κ1) is 13.4. The van der Waals surface area contributed by atoms with Gasteiger partial charge in [0, 0.05) is 37.9 Å². The molecule has 0 radical (unpaired) electrons. The Morgan fingerprint density at radius 1 is 1.45 bits per heavy atom. The molecule has 2 aliphatic rings. The number of hydrogen-bond donors (Lipinski definition) is 1. The summed E-state index contributed by atoms with van der Waals surface area (Å²) in [6.07, 6.45) is 4.73. The Morgan fingerprint density at radius 3 is 2.75 bits per heavy atom. The maximum Gasteiger partial charge on any atom is 0.339 e. The fourth-order valence-electron chi connectivity index (χ4n) is 3.14. The summed E-state index contributed by atoms with van der Waals surface area (Å²) in [5, 5.41) is 9.37. The zero-order valence-electron chi connectivity index (χ0n) is 11.8. The number of carbonyl (C=O) groups is 1. The van der Waals surface area contributed by atoms with Crippen LogP contribution in [0.3, 0.4) is 0 Å². The molecule has 0 aromatic carbocycles. The topological polar surface area (TPSA) is 62.7 Å². The minimum absolute atomic E-state index is 0.319. The zero-order chi connectivity index (χ0) is 14.2. The third kappa shape index (κ3) is 2.26. The smallest absolute Gasteiger partial charge is 0.339 e. The first-order valence-corrected chi connectivity index (χ1v) is 7.18. The summed E-state index contributed by atoms with van der Waals surface area (Å²) in [5.74, 6) is -0.275. The molecule has 3 heterocycles. The number of aromatic carboxylic acids is 1. The van der Waals surface area contributed by atoms with Gasteiger partial charge in [-0.3, -0.25) is 0 Å². The van der Waals surface area contributed by atoms with E-state index in [9.17, 15) is 9.90 Å². The van der Waals surface area contributed by atoms with Crippen LogP contribution in [0.5, 0.6) is 0 Å². The first-order valence-electron chi connectivity index (χ1n) is 7.18. The number of aromatic nitrogens is 1. The number of rotatable bonds is 3. The minimum Gasteiger partial charge on any atom is -0.478 e. The molecule has 2 fully saturated rings. The van der Waals surface area contributed by atoms with Gasteiger partial charge in [-0.2, -0.15) is 0 Å². The number of pyridine rings is 1. The van der Waals surface area contributed by atoms with Gasteiger partial charge < -0.3 is 14.7 Å². The summed E-state index contributed by atoms with van der Waals surface area (Å²) in [7, 11) is 0. The minimum atomic E-state index is -0.893. The Kier molecular flexibility index (Phi) is 3.38. The number of anilines is 1. The standard InChI is InChI=1S/C15H20N2O3/c1-2-11-7-12(14(18)19)13(16-8-11)17-9-15(10-17)3-5-20-6-4-15/h7-8H,2-6,9-10H2,1H3,(H,18,19). The summed E-state index contributed by atoms with van der Waals surface area (Å²) in [4.78, 5) is 17.9. The van der Waals surface area contributed by atoms with Crippen LogP contribution in [-0.4, -0.2) is 42.4 Å². The Morgan fingerprint density at radius 2 is 2.15 bits per heavy atom. The van der Waals surface area contributed by atoms with Crippen molar-refractivity contribution in [3.05, 3.63) is 23.4 Å². The molecule has 0 bridgehead atoms. The van der Waals surface area contributed by atoms with Crippen LogP contribution in [0.2, 0.25) is 0 Å². The Hall–Kier alpha value is -1.62. The van der Waals surface area contributed by atoms with Crippen LogP contribution in [0.1, 0.15) is 35.7 Å². The molecule has 1 spiro atoms. The van der Waals surface area contributed by atoms with Gasteiger partial charge in [-0.05, 0) is 30.9 Å². The zero-order valence-corrected chi connectivity index (χ0v) is 11.8. The molecular formula is C15H20N2O3. The van der Waals surface area contributed by atoms with Crippen LogP contribution in [0.25, 0.3) is 0 Å². The maximum absolute atomic E-state index is 11.4. The summed E-state index contributed by atoms with van der Waals surface area (Å²) >= 11 is 0. The monoisotopic (exact) mass is 276 g/mol. The number of carboxylic acids is 1. The molecule has 1 aromatic rings. The molecule has 20 heavy (non-hydrogen) atoms. The van der Waals surface area contributed by atoms with Crippen LogP contribution in [0, 0.1) is 5.41 Å². The van der Waals surface area contributed by atoms with Crippen LogP contribution in [0.15, 0.2) is 12.3 Å². The molecule has 2 aliphatic heterocycles. The van der Waals surface area contributed by atoms with Gasteiger partial charge in [-0.1, -0.05) is 6.92 Å². The predicted molar refractivity (Wildman–Crippen MR) is 75.3 cm³/mol. The fourth-order valence-corrected chi connectivity index (χ4v) is 3.14. The highest BCUT2D eigenvalue weighted by Crippen LogP contribution is 2.42. The fraction of sp³-hybridized carbons (Fsp3) is 0.600. The van der Waals surface area contributed by atoms with Gasteiger partial charge >= 0.3 is 5.97 Å². The van der Waals surface area contributed by atoms with Crippen molar-refractivity contribution >= 4 is 11.8 Å². The lowest BCUT2D eigenvalue weighted by atomic mass is 9.73. The van der Waals surface area contributed by atoms with Crippen LogP contribution >= 0.6 is 0 Å². The van der Waals surface area contributed by atoms with Crippen molar-refractivity contribution in [1.82, 2.24) is 4.98 Å². The van der Waals surface area contributed by atoms with Gasteiger partial charge in [0.1, 0.15) is 11.4 Å². The van der Waals surface area contributed by atoms with E-state index in [4.69, 9.17) is 4.74 Å². The molecule has 1 aromatic heterocycles. The van der Waals surface area contributed by atoms with Crippen molar-refractivity contribution in [2.75, 3.05) is 31.2 Å². The van der Waals surface area contributed by atoms with E-state index in [0.717, 1.165) is 51.1 Å². The van der Waals surface area contributed by atoms with E-state index >= 15 is 0 Å².